The smallest absolute Gasteiger partial charge is 0.311 e. The average Bonchev–Trinajstić information content (AvgIpc) is 2.86. The lowest BCUT2D eigenvalue weighted by atomic mass is 10.0. The highest BCUT2D eigenvalue weighted by atomic mass is 16.5. The van der Waals surface area contributed by atoms with Crippen molar-refractivity contribution in [2.75, 3.05) is 0 Å². The van der Waals surface area contributed by atoms with Crippen LogP contribution in [0, 0.1) is 5.92 Å². The molecule has 0 N–H and O–H groups in total. The lowest BCUT2D eigenvalue weighted by Gasteiger charge is -2.08. The van der Waals surface area contributed by atoms with Crippen LogP contribution in [0.4, 0.5) is 0 Å². The van der Waals surface area contributed by atoms with E-state index in [1.807, 2.05) is 36.7 Å². The second kappa shape index (κ2) is 12.9. The van der Waals surface area contributed by atoms with E-state index in [9.17, 15) is 4.79 Å². The second-order valence-electron chi connectivity index (χ2n) is 8.85. The van der Waals surface area contributed by atoms with Crippen LogP contribution in [0.3, 0.4) is 0 Å². The summed E-state index contributed by atoms with van der Waals surface area (Å²) in [6.07, 6.45) is 12.0. The highest BCUT2D eigenvalue weighted by Gasteiger charge is 2.08. The molecular weight excluding hydrogens is 408 g/mol. The van der Waals surface area contributed by atoms with E-state index in [1.54, 1.807) is 0 Å². The Hall–Kier alpha value is -3.01. The van der Waals surface area contributed by atoms with Crippen molar-refractivity contribution in [2.24, 2.45) is 5.92 Å². The third kappa shape index (κ3) is 7.81. The Morgan fingerprint density at radius 2 is 1.52 bits per heavy atom. The lowest BCUT2D eigenvalue weighted by Crippen LogP contribution is -2.07. The molecule has 1 atom stereocenters. The molecule has 0 spiro atoms. The van der Waals surface area contributed by atoms with E-state index in [4.69, 9.17) is 4.74 Å². The lowest BCUT2D eigenvalue weighted by molar-refractivity contribution is -0.134. The Morgan fingerprint density at radius 3 is 2.15 bits per heavy atom. The number of aromatic nitrogens is 2. The summed E-state index contributed by atoms with van der Waals surface area (Å²) < 4.78 is 5.48. The predicted octanol–water partition coefficient (Wildman–Crippen LogP) is 7.67. The van der Waals surface area contributed by atoms with E-state index in [1.165, 1.54) is 31.2 Å². The molecule has 3 rings (SSSR count). The summed E-state index contributed by atoms with van der Waals surface area (Å²) >= 11 is 0. The van der Waals surface area contributed by atoms with Gasteiger partial charge in [0.25, 0.3) is 0 Å². The first-order chi connectivity index (χ1) is 16.1. The molecule has 1 aromatic heterocycles. The maximum atomic E-state index is 12.1. The molecule has 2 aromatic carbocycles. The number of esters is 1. The summed E-state index contributed by atoms with van der Waals surface area (Å²) in [7, 11) is 0. The van der Waals surface area contributed by atoms with Gasteiger partial charge in [-0.2, -0.15) is 0 Å². The van der Waals surface area contributed by atoms with Crippen molar-refractivity contribution in [1.29, 1.82) is 0 Å². The fraction of sp³-hybridized carbons (Fsp3) is 0.414. The number of ether oxygens (including phenoxy) is 1. The first kappa shape index (κ1) is 24.6. The van der Waals surface area contributed by atoms with Gasteiger partial charge >= 0.3 is 5.97 Å². The molecule has 1 heterocycles. The van der Waals surface area contributed by atoms with E-state index in [2.05, 4.69) is 55.0 Å². The van der Waals surface area contributed by atoms with Crippen LogP contribution in [0.5, 0.6) is 5.75 Å². The molecule has 4 nitrogen and oxygen atoms in total. The molecular formula is C29H36N2O2. The quantitative estimate of drug-likeness (QED) is 0.163. The highest BCUT2D eigenvalue weighted by molar-refractivity contribution is 5.73. The van der Waals surface area contributed by atoms with E-state index >= 15 is 0 Å². The monoisotopic (exact) mass is 444 g/mol. The first-order valence-electron chi connectivity index (χ1n) is 12.3. The van der Waals surface area contributed by atoms with Crippen LogP contribution in [-0.2, 0) is 11.2 Å². The molecule has 0 fully saturated rings. The van der Waals surface area contributed by atoms with Crippen molar-refractivity contribution in [3.05, 3.63) is 66.5 Å². The van der Waals surface area contributed by atoms with Crippen LogP contribution in [0.25, 0.3) is 22.5 Å². The molecule has 0 radical (unpaired) electrons. The Labute approximate surface area is 198 Å². The van der Waals surface area contributed by atoms with Crippen molar-refractivity contribution < 1.29 is 9.53 Å². The van der Waals surface area contributed by atoms with E-state index in [-0.39, 0.29) is 5.97 Å². The molecule has 0 bridgehead atoms. The van der Waals surface area contributed by atoms with Crippen LogP contribution in [0.2, 0.25) is 0 Å². The Kier molecular flexibility index (Phi) is 9.61. The number of rotatable bonds is 12. The number of carbonyl (C=O) groups is 1. The summed E-state index contributed by atoms with van der Waals surface area (Å²) in [5.41, 5.74) is 4.29. The summed E-state index contributed by atoms with van der Waals surface area (Å²) in [6, 6.07) is 16.0. The zero-order valence-corrected chi connectivity index (χ0v) is 20.2. The third-order valence-electron chi connectivity index (χ3n) is 6.13. The molecule has 0 aliphatic rings. The molecule has 0 aliphatic carbocycles. The molecule has 33 heavy (non-hydrogen) atoms. The van der Waals surface area contributed by atoms with Crippen molar-refractivity contribution in [2.45, 2.75) is 72.1 Å². The normalized spacial score (nSPS) is 11.8. The van der Waals surface area contributed by atoms with E-state index in [0.29, 0.717) is 12.2 Å². The summed E-state index contributed by atoms with van der Waals surface area (Å²) in [4.78, 5) is 21.2. The van der Waals surface area contributed by atoms with Crippen LogP contribution < -0.4 is 4.74 Å². The van der Waals surface area contributed by atoms with Gasteiger partial charge in [0.05, 0.1) is 0 Å². The number of hydrogen-bond acceptors (Lipinski definition) is 4. The largest absolute Gasteiger partial charge is 0.427 e. The molecule has 0 saturated carbocycles. The van der Waals surface area contributed by atoms with Gasteiger partial charge in [0.2, 0.25) is 0 Å². The van der Waals surface area contributed by atoms with Crippen molar-refractivity contribution >= 4 is 5.97 Å². The van der Waals surface area contributed by atoms with Gasteiger partial charge in [-0.3, -0.25) is 4.79 Å². The van der Waals surface area contributed by atoms with Crippen LogP contribution in [-0.4, -0.2) is 15.9 Å². The van der Waals surface area contributed by atoms with Crippen molar-refractivity contribution in [3.8, 4) is 28.3 Å². The SMILES string of the molecule is CCCCc1ccc(-c2ncc(-c3ccc(OC(=O)CCCCC(C)CC)cc3)cn2)cc1. The highest BCUT2D eigenvalue weighted by Crippen LogP contribution is 2.24. The van der Waals surface area contributed by atoms with E-state index in [0.717, 1.165) is 47.7 Å². The maximum absolute atomic E-state index is 12.1. The van der Waals surface area contributed by atoms with E-state index < -0.39 is 0 Å². The van der Waals surface area contributed by atoms with Crippen molar-refractivity contribution in [1.82, 2.24) is 9.97 Å². The molecule has 0 saturated heterocycles. The minimum atomic E-state index is -0.166. The molecule has 4 heteroatoms. The van der Waals surface area contributed by atoms with Gasteiger partial charge in [-0.25, -0.2) is 9.97 Å². The van der Waals surface area contributed by atoms with Gasteiger partial charge in [0.1, 0.15) is 5.75 Å². The number of aryl methyl sites for hydroxylation is 1. The Balaban J connectivity index is 1.52. The number of carbonyl (C=O) groups excluding carboxylic acids is 1. The van der Waals surface area contributed by atoms with Crippen LogP contribution in [0.15, 0.2) is 60.9 Å². The Bertz CT molecular complexity index is 980. The average molecular weight is 445 g/mol. The third-order valence-corrected chi connectivity index (χ3v) is 6.13. The van der Waals surface area contributed by atoms with Crippen LogP contribution >= 0.6 is 0 Å². The molecule has 174 valence electrons. The zero-order valence-electron chi connectivity index (χ0n) is 20.2. The topological polar surface area (TPSA) is 52.1 Å². The van der Waals surface area contributed by atoms with Gasteiger partial charge in [-0.05, 0) is 48.4 Å². The zero-order chi connectivity index (χ0) is 23.5. The second-order valence-corrected chi connectivity index (χ2v) is 8.85. The standard InChI is InChI=1S/C29H36N2O2/c1-4-6-10-23-12-14-25(15-13-23)29-30-20-26(21-31-29)24-16-18-27(19-17-24)33-28(32)11-8-7-9-22(3)5-2/h12-22H,4-11H2,1-3H3. The van der Waals surface area contributed by atoms with Gasteiger partial charge in [0.15, 0.2) is 5.82 Å². The summed E-state index contributed by atoms with van der Waals surface area (Å²) in [5.74, 6) is 1.86. The number of nitrogens with zero attached hydrogens (tertiary/aromatic N) is 2. The molecule has 1 unspecified atom stereocenters. The fourth-order valence-corrected chi connectivity index (χ4v) is 3.69. The first-order valence-corrected chi connectivity index (χ1v) is 12.3. The molecule has 3 aromatic rings. The molecule has 0 aliphatic heterocycles. The fourth-order valence-electron chi connectivity index (χ4n) is 3.69. The number of benzene rings is 2. The summed E-state index contributed by atoms with van der Waals surface area (Å²) in [6.45, 7) is 6.67. The van der Waals surface area contributed by atoms with Gasteiger partial charge < -0.3 is 4.74 Å². The number of unbranched alkanes of at least 4 members (excludes halogenated alkanes) is 2. The van der Waals surface area contributed by atoms with Crippen LogP contribution in [0.1, 0.15) is 71.3 Å². The van der Waals surface area contributed by atoms with Gasteiger partial charge in [-0.1, -0.05) is 82.9 Å². The molecule has 0 amide bonds. The Morgan fingerprint density at radius 1 is 0.848 bits per heavy atom. The van der Waals surface area contributed by atoms with Crippen molar-refractivity contribution in [3.63, 3.8) is 0 Å². The minimum absolute atomic E-state index is 0.166. The maximum Gasteiger partial charge on any atom is 0.311 e. The van der Waals surface area contributed by atoms with Gasteiger partial charge in [-0.15, -0.1) is 0 Å². The predicted molar refractivity (Wildman–Crippen MR) is 135 cm³/mol. The van der Waals surface area contributed by atoms with Gasteiger partial charge in [0, 0.05) is 29.9 Å². The summed E-state index contributed by atoms with van der Waals surface area (Å²) in [5, 5.41) is 0. The minimum Gasteiger partial charge on any atom is -0.427 e. The number of hydrogen-bond donors (Lipinski definition) is 0.